The second-order valence-corrected chi connectivity index (χ2v) is 8.93. The van der Waals surface area contributed by atoms with E-state index in [1.165, 1.54) is 35.7 Å². The Morgan fingerprint density at radius 1 is 1.10 bits per heavy atom. The summed E-state index contributed by atoms with van der Waals surface area (Å²) in [5.74, 6) is 1.81. The number of ether oxygens (including phenoxy) is 1. The lowest BCUT2D eigenvalue weighted by Gasteiger charge is -2.16. The molecule has 0 fully saturated rings. The number of hydrogen-bond acceptors (Lipinski definition) is 5. The Hall–Kier alpha value is -2.80. The Labute approximate surface area is 187 Å². The Bertz CT molecular complexity index is 1070. The summed E-state index contributed by atoms with van der Waals surface area (Å²) in [6.45, 7) is 4.33. The second-order valence-electron chi connectivity index (χ2n) is 7.99. The number of amides is 1. The summed E-state index contributed by atoms with van der Waals surface area (Å²) in [6, 6.07) is 12.3. The summed E-state index contributed by atoms with van der Waals surface area (Å²) < 4.78 is 7.86. The monoisotopic (exact) mass is 436 g/mol. The molecule has 1 amide bonds. The zero-order valence-corrected chi connectivity index (χ0v) is 19.1. The Kier molecular flexibility index (Phi) is 6.61. The van der Waals surface area contributed by atoms with Gasteiger partial charge < -0.3 is 14.6 Å². The van der Waals surface area contributed by atoms with Crippen LogP contribution in [0.5, 0.6) is 5.75 Å². The third kappa shape index (κ3) is 5.10. The van der Waals surface area contributed by atoms with E-state index in [4.69, 9.17) is 4.74 Å². The van der Waals surface area contributed by atoms with Crippen LogP contribution >= 0.6 is 11.8 Å². The molecule has 0 saturated heterocycles. The molecule has 1 heterocycles. The van der Waals surface area contributed by atoms with E-state index in [-0.39, 0.29) is 11.7 Å². The Morgan fingerprint density at radius 2 is 1.84 bits per heavy atom. The van der Waals surface area contributed by atoms with E-state index in [1.54, 1.807) is 0 Å². The molecule has 4 rings (SSSR count). The standard InChI is InChI=1S/C24H28N4O2S/c1-16-7-6-8-17(2)23(16)25-22(29)15-31-24-27-26-21(28(24)3)14-30-20-12-11-18-9-4-5-10-19(18)13-20/h6-8,11-13H,4-5,9-10,14-15H2,1-3H3,(H,25,29). The molecule has 162 valence electrons. The highest BCUT2D eigenvalue weighted by Gasteiger charge is 2.14. The molecule has 1 aromatic heterocycles. The highest BCUT2D eigenvalue weighted by Crippen LogP contribution is 2.26. The summed E-state index contributed by atoms with van der Waals surface area (Å²) in [6.07, 6.45) is 4.81. The van der Waals surface area contributed by atoms with Gasteiger partial charge in [-0.3, -0.25) is 4.79 Å². The second kappa shape index (κ2) is 9.56. The lowest BCUT2D eigenvalue weighted by Crippen LogP contribution is -2.16. The van der Waals surface area contributed by atoms with E-state index < -0.39 is 0 Å². The van der Waals surface area contributed by atoms with Crippen molar-refractivity contribution in [3.05, 3.63) is 64.5 Å². The zero-order chi connectivity index (χ0) is 21.8. The van der Waals surface area contributed by atoms with Crippen molar-refractivity contribution in [1.29, 1.82) is 0 Å². The molecule has 0 spiro atoms. The van der Waals surface area contributed by atoms with Gasteiger partial charge in [-0.15, -0.1) is 10.2 Å². The van der Waals surface area contributed by atoms with Crippen LogP contribution in [0.3, 0.4) is 0 Å². The van der Waals surface area contributed by atoms with Gasteiger partial charge in [-0.05, 0) is 73.9 Å². The summed E-state index contributed by atoms with van der Waals surface area (Å²) in [4.78, 5) is 12.4. The first-order chi connectivity index (χ1) is 15.0. The average molecular weight is 437 g/mol. The van der Waals surface area contributed by atoms with Crippen molar-refractivity contribution in [2.24, 2.45) is 7.05 Å². The molecule has 6 nitrogen and oxygen atoms in total. The molecule has 0 atom stereocenters. The number of hydrogen-bond donors (Lipinski definition) is 1. The third-order valence-corrected chi connectivity index (χ3v) is 6.71. The molecule has 0 radical (unpaired) electrons. The zero-order valence-electron chi connectivity index (χ0n) is 18.3. The fourth-order valence-corrected chi connectivity index (χ4v) is 4.59. The van der Waals surface area contributed by atoms with Gasteiger partial charge in [0.15, 0.2) is 11.0 Å². The van der Waals surface area contributed by atoms with Crippen LogP contribution in [-0.2, 0) is 31.3 Å². The average Bonchev–Trinajstić information content (AvgIpc) is 3.12. The van der Waals surface area contributed by atoms with E-state index in [2.05, 4.69) is 27.6 Å². The minimum absolute atomic E-state index is 0.0581. The van der Waals surface area contributed by atoms with Gasteiger partial charge in [0, 0.05) is 12.7 Å². The minimum atomic E-state index is -0.0581. The first-order valence-electron chi connectivity index (χ1n) is 10.6. The predicted octanol–water partition coefficient (Wildman–Crippen LogP) is 4.62. The van der Waals surface area contributed by atoms with Crippen molar-refractivity contribution in [1.82, 2.24) is 14.8 Å². The van der Waals surface area contributed by atoms with Crippen molar-refractivity contribution in [2.45, 2.75) is 51.3 Å². The smallest absolute Gasteiger partial charge is 0.234 e. The predicted molar refractivity (Wildman–Crippen MR) is 124 cm³/mol. The van der Waals surface area contributed by atoms with Gasteiger partial charge in [-0.25, -0.2) is 0 Å². The van der Waals surface area contributed by atoms with Gasteiger partial charge in [0.05, 0.1) is 5.75 Å². The first-order valence-corrected chi connectivity index (χ1v) is 11.6. The van der Waals surface area contributed by atoms with Gasteiger partial charge in [-0.2, -0.15) is 0 Å². The summed E-state index contributed by atoms with van der Waals surface area (Å²) in [7, 11) is 1.90. The molecule has 3 aromatic rings. The SMILES string of the molecule is Cc1cccc(C)c1NC(=O)CSc1nnc(COc2ccc3c(c2)CCCC3)n1C. The van der Waals surface area contributed by atoms with Crippen LogP contribution in [-0.4, -0.2) is 26.4 Å². The molecule has 0 aliphatic heterocycles. The number of aromatic nitrogens is 3. The molecule has 1 aliphatic rings. The highest BCUT2D eigenvalue weighted by atomic mass is 32.2. The van der Waals surface area contributed by atoms with Crippen molar-refractivity contribution < 1.29 is 9.53 Å². The van der Waals surface area contributed by atoms with Crippen molar-refractivity contribution in [2.75, 3.05) is 11.1 Å². The molecule has 7 heteroatoms. The molecule has 0 saturated carbocycles. The first kappa shape index (κ1) is 21.4. The van der Waals surface area contributed by atoms with Crippen LogP contribution in [0, 0.1) is 13.8 Å². The van der Waals surface area contributed by atoms with E-state index in [0.29, 0.717) is 11.8 Å². The molecule has 1 N–H and O–H groups in total. The summed E-state index contributed by atoms with van der Waals surface area (Å²) in [5, 5.41) is 12.2. The fraction of sp³-hybridized carbons (Fsp3) is 0.375. The number of para-hydroxylation sites is 1. The van der Waals surface area contributed by atoms with E-state index in [0.717, 1.165) is 41.2 Å². The van der Waals surface area contributed by atoms with Crippen molar-refractivity contribution in [3.8, 4) is 5.75 Å². The largest absolute Gasteiger partial charge is 0.486 e. The van der Waals surface area contributed by atoms with Crippen molar-refractivity contribution in [3.63, 3.8) is 0 Å². The van der Waals surface area contributed by atoms with Gasteiger partial charge in [0.1, 0.15) is 12.4 Å². The summed E-state index contributed by atoms with van der Waals surface area (Å²) >= 11 is 1.37. The molecule has 0 bridgehead atoms. The van der Waals surface area contributed by atoms with Crippen LogP contribution in [0.15, 0.2) is 41.6 Å². The number of carbonyl (C=O) groups is 1. The topological polar surface area (TPSA) is 69.0 Å². The van der Waals surface area contributed by atoms with Crippen LogP contribution in [0.25, 0.3) is 0 Å². The van der Waals surface area contributed by atoms with E-state index in [1.807, 2.05) is 49.7 Å². The lowest BCUT2D eigenvalue weighted by atomic mass is 9.92. The van der Waals surface area contributed by atoms with Gasteiger partial charge in [0.2, 0.25) is 5.91 Å². The minimum Gasteiger partial charge on any atom is -0.486 e. The number of aryl methyl sites for hydroxylation is 4. The van der Waals surface area contributed by atoms with Gasteiger partial charge in [0.25, 0.3) is 0 Å². The number of nitrogens with one attached hydrogen (secondary N) is 1. The molecule has 1 aliphatic carbocycles. The maximum Gasteiger partial charge on any atom is 0.234 e. The third-order valence-electron chi connectivity index (χ3n) is 5.69. The van der Waals surface area contributed by atoms with Crippen LogP contribution in [0.2, 0.25) is 0 Å². The molecule has 0 unspecified atom stereocenters. The summed E-state index contributed by atoms with van der Waals surface area (Å²) in [5.41, 5.74) is 5.82. The Balaban J connectivity index is 1.32. The quantitative estimate of drug-likeness (QED) is 0.547. The maximum absolute atomic E-state index is 12.4. The highest BCUT2D eigenvalue weighted by molar-refractivity contribution is 7.99. The van der Waals surface area contributed by atoms with Crippen LogP contribution in [0.4, 0.5) is 5.69 Å². The maximum atomic E-state index is 12.4. The number of benzene rings is 2. The van der Waals surface area contributed by atoms with E-state index >= 15 is 0 Å². The van der Waals surface area contributed by atoms with Crippen LogP contribution < -0.4 is 10.1 Å². The number of anilines is 1. The normalized spacial score (nSPS) is 13.0. The number of carbonyl (C=O) groups excluding carboxylic acids is 1. The molecule has 2 aromatic carbocycles. The van der Waals surface area contributed by atoms with Crippen LogP contribution in [0.1, 0.15) is 40.9 Å². The number of nitrogens with zero attached hydrogens (tertiary/aromatic N) is 3. The Morgan fingerprint density at radius 3 is 2.61 bits per heavy atom. The van der Waals surface area contributed by atoms with Gasteiger partial charge in [-0.1, -0.05) is 36.0 Å². The number of fused-ring (bicyclic) bond motifs is 1. The fourth-order valence-electron chi connectivity index (χ4n) is 3.86. The van der Waals surface area contributed by atoms with Crippen molar-refractivity contribution >= 4 is 23.4 Å². The number of thioether (sulfide) groups is 1. The van der Waals surface area contributed by atoms with Gasteiger partial charge >= 0.3 is 0 Å². The lowest BCUT2D eigenvalue weighted by molar-refractivity contribution is -0.113. The number of rotatable bonds is 7. The van der Waals surface area contributed by atoms with E-state index in [9.17, 15) is 4.79 Å². The molecular weight excluding hydrogens is 408 g/mol. The molecule has 31 heavy (non-hydrogen) atoms. The molecular formula is C24H28N4O2S.